The first-order chi connectivity index (χ1) is 10.1. The topological polar surface area (TPSA) is 97.5 Å². The number of aliphatic hydroxyl groups is 1. The van der Waals surface area contributed by atoms with Crippen molar-refractivity contribution in [2.45, 2.75) is 6.10 Å². The molecule has 2 aromatic rings. The molecule has 0 saturated heterocycles. The highest BCUT2D eigenvalue weighted by molar-refractivity contribution is 5.88. The van der Waals surface area contributed by atoms with Crippen molar-refractivity contribution >= 4 is 17.3 Å². The molecule has 0 aliphatic rings. The second kappa shape index (κ2) is 6.71. The van der Waals surface area contributed by atoms with Crippen LogP contribution in [0, 0.1) is 0 Å². The summed E-state index contributed by atoms with van der Waals surface area (Å²) in [5.41, 5.74) is 7.91. The predicted molar refractivity (Wildman–Crippen MR) is 79.9 cm³/mol. The molecule has 21 heavy (non-hydrogen) atoms. The van der Waals surface area contributed by atoms with Crippen LogP contribution in [-0.4, -0.2) is 29.7 Å². The maximum Gasteiger partial charge on any atom is 0.356 e. The van der Waals surface area contributed by atoms with Crippen LogP contribution in [0.1, 0.15) is 22.2 Å². The zero-order chi connectivity index (χ0) is 15.2. The summed E-state index contributed by atoms with van der Waals surface area (Å²) in [6.45, 7) is 0.300. The van der Waals surface area contributed by atoms with E-state index >= 15 is 0 Å². The standard InChI is InChI=1S/C15H17N3O3/c1-21-15(20)13-8-12(6-7-17-13)18-9-14(19)10-2-4-11(16)5-3-10/h2-8,14,19H,9,16H2,1H3,(H,17,18). The monoisotopic (exact) mass is 287 g/mol. The Bertz CT molecular complexity index is 614. The molecule has 1 aromatic carbocycles. The van der Waals surface area contributed by atoms with E-state index in [4.69, 9.17) is 5.73 Å². The summed E-state index contributed by atoms with van der Waals surface area (Å²) in [7, 11) is 1.30. The predicted octanol–water partition coefficient (Wildman–Crippen LogP) is 1.60. The van der Waals surface area contributed by atoms with E-state index in [1.807, 2.05) is 0 Å². The van der Waals surface area contributed by atoms with E-state index in [2.05, 4.69) is 15.0 Å². The van der Waals surface area contributed by atoms with Crippen LogP contribution < -0.4 is 11.1 Å². The van der Waals surface area contributed by atoms with Gasteiger partial charge >= 0.3 is 5.97 Å². The summed E-state index contributed by atoms with van der Waals surface area (Å²) in [5.74, 6) is -0.502. The van der Waals surface area contributed by atoms with E-state index < -0.39 is 12.1 Å². The maximum atomic E-state index is 11.4. The average Bonchev–Trinajstić information content (AvgIpc) is 2.52. The number of esters is 1. The molecule has 4 N–H and O–H groups in total. The molecule has 0 aliphatic heterocycles. The Balaban J connectivity index is 1.99. The Hall–Kier alpha value is -2.60. The van der Waals surface area contributed by atoms with E-state index in [9.17, 15) is 9.90 Å². The molecule has 1 unspecified atom stereocenters. The van der Waals surface area contributed by atoms with Crippen LogP contribution in [0.2, 0.25) is 0 Å². The van der Waals surface area contributed by atoms with E-state index in [-0.39, 0.29) is 5.69 Å². The molecule has 0 aliphatic carbocycles. The number of nitrogen functional groups attached to an aromatic ring is 1. The number of pyridine rings is 1. The third-order valence-electron chi connectivity index (χ3n) is 2.98. The molecular formula is C15H17N3O3. The van der Waals surface area contributed by atoms with Crippen molar-refractivity contribution in [1.82, 2.24) is 4.98 Å². The van der Waals surface area contributed by atoms with Crippen molar-refractivity contribution in [1.29, 1.82) is 0 Å². The van der Waals surface area contributed by atoms with E-state index in [0.717, 1.165) is 5.56 Å². The second-order valence-corrected chi connectivity index (χ2v) is 4.48. The van der Waals surface area contributed by atoms with Crippen LogP contribution in [-0.2, 0) is 4.74 Å². The average molecular weight is 287 g/mol. The molecule has 0 fully saturated rings. The van der Waals surface area contributed by atoms with Gasteiger partial charge in [-0.1, -0.05) is 12.1 Å². The zero-order valence-electron chi connectivity index (χ0n) is 11.6. The third kappa shape index (κ3) is 3.93. The number of carbonyl (C=O) groups excluding carboxylic acids is 1. The van der Waals surface area contributed by atoms with Gasteiger partial charge in [0.15, 0.2) is 0 Å². The highest BCUT2D eigenvalue weighted by Gasteiger charge is 2.10. The van der Waals surface area contributed by atoms with Gasteiger partial charge in [0.1, 0.15) is 5.69 Å². The van der Waals surface area contributed by atoms with Crippen LogP contribution in [0.3, 0.4) is 0 Å². The molecular weight excluding hydrogens is 270 g/mol. The lowest BCUT2D eigenvalue weighted by Gasteiger charge is -2.13. The number of nitrogens with one attached hydrogen (secondary N) is 1. The minimum Gasteiger partial charge on any atom is -0.464 e. The van der Waals surface area contributed by atoms with Crippen molar-refractivity contribution < 1.29 is 14.6 Å². The lowest BCUT2D eigenvalue weighted by atomic mass is 10.1. The summed E-state index contributed by atoms with van der Waals surface area (Å²) in [5, 5.41) is 13.1. The van der Waals surface area contributed by atoms with Gasteiger partial charge in [0.2, 0.25) is 0 Å². The molecule has 6 heteroatoms. The minimum atomic E-state index is -0.680. The summed E-state index contributed by atoms with van der Waals surface area (Å²) in [6, 6.07) is 10.3. The van der Waals surface area contributed by atoms with Crippen LogP contribution in [0.25, 0.3) is 0 Å². The SMILES string of the molecule is COC(=O)c1cc(NCC(O)c2ccc(N)cc2)ccn1. The summed E-state index contributed by atoms with van der Waals surface area (Å²) >= 11 is 0. The summed E-state index contributed by atoms with van der Waals surface area (Å²) in [4.78, 5) is 15.3. The number of aliphatic hydroxyl groups excluding tert-OH is 1. The molecule has 2 rings (SSSR count). The first kappa shape index (κ1) is 14.8. The van der Waals surface area contributed by atoms with Gasteiger partial charge in [0.05, 0.1) is 13.2 Å². The molecule has 110 valence electrons. The Kier molecular flexibility index (Phi) is 4.73. The number of hydrogen-bond acceptors (Lipinski definition) is 6. The third-order valence-corrected chi connectivity index (χ3v) is 2.98. The minimum absolute atomic E-state index is 0.212. The molecule has 1 heterocycles. The lowest BCUT2D eigenvalue weighted by Crippen LogP contribution is -2.13. The van der Waals surface area contributed by atoms with Crippen LogP contribution in [0.5, 0.6) is 0 Å². The van der Waals surface area contributed by atoms with Crippen molar-refractivity contribution in [2.75, 3.05) is 24.7 Å². The van der Waals surface area contributed by atoms with Gasteiger partial charge in [-0.2, -0.15) is 0 Å². The van der Waals surface area contributed by atoms with Gasteiger partial charge in [-0.25, -0.2) is 9.78 Å². The zero-order valence-corrected chi connectivity index (χ0v) is 11.6. The van der Waals surface area contributed by atoms with Crippen molar-refractivity contribution in [3.8, 4) is 0 Å². The highest BCUT2D eigenvalue weighted by Crippen LogP contribution is 2.16. The molecule has 6 nitrogen and oxygen atoms in total. The van der Waals surface area contributed by atoms with Crippen molar-refractivity contribution in [3.63, 3.8) is 0 Å². The summed E-state index contributed by atoms with van der Waals surface area (Å²) < 4.78 is 4.61. The van der Waals surface area contributed by atoms with Gasteiger partial charge < -0.3 is 20.9 Å². The Morgan fingerprint density at radius 3 is 2.76 bits per heavy atom. The number of benzene rings is 1. The Labute approximate surface area is 122 Å². The fraction of sp³-hybridized carbons (Fsp3) is 0.200. The summed E-state index contributed by atoms with van der Waals surface area (Å²) in [6.07, 6.45) is 0.824. The van der Waals surface area contributed by atoms with Gasteiger partial charge in [-0.15, -0.1) is 0 Å². The maximum absolute atomic E-state index is 11.4. The number of nitrogens with two attached hydrogens (primary N) is 1. The second-order valence-electron chi connectivity index (χ2n) is 4.48. The van der Waals surface area contributed by atoms with Crippen molar-refractivity contribution in [2.24, 2.45) is 0 Å². The van der Waals surface area contributed by atoms with Crippen LogP contribution in [0.4, 0.5) is 11.4 Å². The largest absolute Gasteiger partial charge is 0.464 e. The number of hydrogen-bond donors (Lipinski definition) is 3. The molecule has 0 bridgehead atoms. The number of carbonyl (C=O) groups is 1. The highest BCUT2D eigenvalue weighted by atomic mass is 16.5. The van der Waals surface area contributed by atoms with Crippen LogP contribution in [0.15, 0.2) is 42.6 Å². The van der Waals surface area contributed by atoms with Gasteiger partial charge in [0, 0.05) is 24.1 Å². The molecule has 0 amide bonds. The number of ether oxygens (including phenoxy) is 1. The number of anilines is 2. The van der Waals surface area contributed by atoms with Gasteiger partial charge in [-0.05, 0) is 29.8 Å². The molecule has 0 saturated carbocycles. The fourth-order valence-corrected chi connectivity index (χ4v) is 1.81. The Morgan fingerprint density at radius 1 is 1.38 bits per heavy atom. The first-order valence-electron chi connectivity index (χ1n) is 6.42. The van der Waals surface area contributed by atoms with Crippen LogP contribution >= 0.6 is 0 Å². The molecule has 0 radical (unpaired) electrons. The van der Waals surface area contributed by atoms with E-state index in [1.165, 1.54) is 13.3 Å². The van der Waals surface area contributed by atoms with E-state index in [1.54, 1.807) is 36.4 Å². The number of aromatic nitrogens is 1. The normalized spacial score (nSPS) is 11.7. The van der Waals surface area contributed by atoms with Crippen molar-refractivity contribution in [3.05, 3.63) is 53.9 Å². The molecule has 1 aromatic heterocycles. The number of methoxy groups -OCH3 is 1. The number of nitrogens with zero attached hydrogens (tertiary/aromatic N) is 1. The molecule has 0 spiro atoms. The Morgan fingerprint density at radius 2 is 2.10 bits per heavy atom. The van der Waals surface area contributed by atoms with Gasteiger partial charge in [0.25, 0.3) is 0 Å². The number of rotatable bonds is 5. The smallest absolute Gasteiger partial charge is 0.356 e. The molecule has 1 atom stereocenters. The fourth-order valence-electron chi connectivity index (χ4n) is 1.81. The lowest BCUT2D eigenvalue weighted by molar-refractivity contribution is 0.0594. The van der Waals surface area contributed by atoms with Gasteiger partial charge in [-0.3, -0.25) is 0 Å². The van der Waals surface area contributed by atoms with E-state index in [0.29, 0.717) is 17.9 Å². The first-order valence-corrected chi connectivity index (χ1v) is 6.42. The quantitative estimate of drug-likeness (QED) is 0.571.